The monoisotopic (exact) mass is 504 g/mol. The van der Waals surface area contributed by atoms with Crippen molar-refractivity contribution in [2.24, 2.45) is 4.99 Å². The molecule has 1 aliphatic heterocycles. The molecule has 0 bridgehead atoms. The molecule has 1 atom stereocenters. The molecule has 160 valence electrons. The summed E-state index contributed by atoms with van der Waals surface area (Å²) in [6.07, 6.45) is 2.11. The maximum atomic E-state index is 5.50. The summed E-state index contributed by atoms with van der Waals surface area (Å²) in [5.41, 5.74) is 1.42. The lowest BCUT2D eigenvalue weighted by Crippen LogP contribution is -2.53. The van der Waals surface area contributed by atoms with Crippen LogP contribution in [0.3, 0.4) is 0 Å². The van der Waals surface area contributed by atoms with E-state index in [0.29, 0.717) is 19.3 Å². The number of guanidine groups is 1. The van der Waals surface area contributed by atoms with Gasteiger partial charge in [-0.15, -0.1) is 24.0 Å². The number of halogens is 1. The fraction of sp³-hybridized carbons (Fsp3) is 0.667. The predicted octanol–water partition coefficient (Wildman–Crippen LogP) is 3.00. The molecule has 0 radical (unpaired) electrons. The third-order valence-electron chi connectivity index (χ3n) is 5.02. The van der Waals surface area contributed by atoms with Crippen molar-refractivity contribution in [1.29, 1.82) is 0 Å². The minimum atomic E-state index is 0. The minimum absolute atomic E-state index is 0. The van der Waals surface area contributed by atoms with E-state index in [0.717, 1.165) is 58.1 Å². The maximum absolute atomic E-state index is 5.50. The summed E-state index contributed by atoms with van der Waals surface area (Å²) in [7, 11) is 3.56. The number of nitrogens with zero attached hydrogens (tertiary/aromatic N) is 3. The molecule has 0 aliphatic carbocycles. The van der Waals surface area contributed by atoms with Gasteiger partial charge in [0.05, 0.1) is 13.2 Å². The molecule has 0 amide bonds. The highest BCUT2D eigenvalue weighted by atomic mass is 127. The molecular weight excluding hydrogens is 467 g/mol. The Morgan fingerprint density at radius 1 is 1.11 bits per heavy atom. The van der Waals surface area contributed by atoms with Gasteiger partial charge >= 0.3 is 0 Å². The zero-order chi connectivity index (χ0) is 19.3. The van der Waals surface area contributed by atoms with Crippen LogP contribution >= 0.6 is 24.0 Å². The molecule has 1 saturated heterocycles. The molecule has 6 nitrogen and oxygen atoms in total. The number of rotatable bonds is 10. The number of methoxy groups -OCH3 is 1. The van der Waals surface area contributed by atoms with Crippen molar-refractivity contribution in [3.63, 3.8) is 0 Å². The largest absolute Gasteiger partial charge is 0.382 e. The molecule has 1 unspecified atom stereocenters. The van der Waals surface area contributed by atoms with Crippen molar-refractivity contribution in [3.05, 3.63) is 35.9 Å². The Morgan fingerprint density at radius 3 is 2.43 bits per heavy atom. The number of piperazine rings is 1. The summed E-state index contributed by atoms with van der Waals surface area (Å²) < 4.78 is 10.5. The average molecular weight is 504 g/mol. The summed E-state index contributed by atoms with van der Waals surface area (Å²) in [6.45, 7) is 9.36. The van der Waals surface area contributed by atoms with Crippen LogP contribution in [0.25, 0.3) is 0 Å². The van der Waals surface area contributed by atoms with E-state index in [1.807, 2.05) is 7.05 Å². The van der Waals surface area contributed by atoms with Crippen LogP contribution in [0.1, 0.15) is 31.4 Å². The molecule has 28 heavy (non-hydrogen) atoms. The number of benzene rings is 1. The van der Waals surface area contributed by atoms with E-state index >= 15 is 0 Å². The number of hydrogen-bond donors (Lipinski definition) is 1. The molecular formula is C21H37IN4O2. The summed E-state index contributed by atoms with van der Waals surface area (Å²) in [4.78, 5) is 9.42. The maximum Gasteiger partial charge on any atom is 0.193 e. The normalized spacial score (nSPS) is 16.5. The standard InChI is InChI=1S/C21H36N4O2.HI/c1-4-20(19-9-6-5-7-10-19)24-12-14-25(15-13-24)21(22-2)23-11-8-16-27-18-17-26-3;/h5-7,9-10,20H,4,8,11-18H2,1-3H3,(H,22,23);1H. The van der Waals surface area contributed by atoms with Gasteiger partial charge in [-0.25, -0.2) is 0 Å². The summed E-state index contributed by atoms with van der Waals surface area (Å²) in [5, 5.41) is 3.47. The van der Waals surface area contributed by atoms with Gasteiger partial charge in [0.15, 0.2) is 5.96 Å². The van der Waals surface area contributed by atoms with Crippen LogP contribution in [0, 0.1) is 0 Å². The van der Waals surface area contributed by atoms with E-state index in [2.05, 4.69) is 57.4 Å². The lowest BCUT2D eigenvalue weighted by Gasteiger charge is -2.40. The zero-order valence-corrected chi connectivity index (χ0v) is 19.9. The van der Waals surface area contributed by atoms with Gasteiger partial charge < -0.3 is 19.7 Å². The highest BCUT2D eigenvalue weighted by Crippen LogP contribution is 2.25. The Hall–Kier alpha value is -0.900. The Balaban J connectivity index is 0.00000392. The lowest BCUT2D eigenvalue weighted by atomic mass is 10.0. The van der Waals surface area contributed by atoms with Gasteiger partial charge in [0, 0.05) is 59.5 Å². The second-order valence-corrected chi connectivity index (χ2v) is 6.79. The van der Waals surface area contributed by atoms with Crippen LogP contribution in [0.2, 0.25) is 0 Å². The Labute approximate surface area is 187 Å². The Bertz CT molecular complexity index is 536. The van der Waals surface area contributed by atoms with E-state index in [1.54, 1.807) is 7.11 Å². The topological polar surface area (TPSA) is 49.3 Å². The molecule has 1 aliphatic rings. The summed E-state index contributed by atoms with van der Waals surface area (Å²) in [5.74, 6) is 0.999. The van der Waals surface area contributed by atoms with Crippen molar-refractivity contribution < 1.29 is 9.47 Å². The molecule has 2 rings (SSSR count). The van der Waals surface area contributed by atoms with E-state index in [1.165, 1.54) is 5.56 Å². The smallest absolute Gasteiger partial charge is 0.193 e. The van der Waals surface area contributed by atoms with Crippen LogP contribution < -0.4 is 5.32 Å². The average Bonchev–Trinajstić information content (AvgIpc) is 2.72. The van der Waals surface area contributed by atoms with E-state index < -0.39 is 0 Å². The fourth-order valence-corrected chi connectivity index (χ4v) is 3.58. The van der Waals surface area contributed by atoms with Crippen LogP contribution in [-0.2, 0) is 9.47 Å². The minimum Gasteiger partial charge on any atom is -0.382 e. The van der Waals surface area contributed by atoms with E-state index in [-0.39, 0.29) is 24.0 Å². The van der Waals surface area contributed by atoms with Crippen molar-refractivity contribution in [3.8, 4) is 0 Å². The number of aliphatic imine (C=N–C) groups is 1. The predicted molar refractivity (Wildman–Crippen MR) is 127 cm³/mol. The van der Waals surface area contributed by atoms with Gasteiger partial charge in [0.25, 0.3) is 0 Å². The number of hydrogen-bond acceptors (Lipinski definition) is 4. The van der Waals surface area contributed by atoms with E-state index in [9.17, 15) is 0 Å². The van der Waals surface area contributed by atoms with Gasteiger partial charge in [-0.3, -0.25) is 9.89 Å². The molecule has 0 saturated carbocycles. The summed E-state index contributed by atoms with van der Waals surface area (Å²) >= 11 is 0. The highest BCUT2D eigenvalue weighted by molar-refractivity contribution is 14.0. The second-order valence-electron chi connectivity index (χ2n) is 6.79. The lowest BCUT2D eigenvalue weighted by molar-refractivity contribution is 0.0697. The number of nitrogens with one attached hydrogen (secondary N) is 1. The first-order valence-electron chi connectivity index (χ1n) is 10.1. The summed E-state index contributed by atoms with van der Waals surface area (Å²) in [6, 6.07) is 11.4. The first-order valence-corrected chi connectivity index (χ1v) is 10.1. The molecule has 1 N–H and O–H groups in total. The Kier molecular flexibility index (Phi) is 13.5. The first-order chi connectivity index (χ1) is 13.3. The van der Waals surface area contributed by atoms with Gasteiger partial charge in [0.2, 0.25) is 0 Å². The van der Waals surface area contributed by atoms with Crippen molar-refractivity contribution in [1.82, 2.24) is 15.1 Å². The van der Waals surface area contributed by atoms with Crippen molar-refractivity contribution in [2.75, 3.05) is 66.7 Å². The van der Waals surface area contributed by atoms with Gasteiger partial charge in [-0.2, -0.15) is 0 Å². The molecule has 1 aromatic rings. The molecule has 1 aromatic carbocycles. The first kappa shape index (κ1) is 25.1. The van der Waals surface area contributed by atoms with Gasteiger partial charge in [-0.05, 0) is 18.4 Å². The quantitative estimate of drug-likeness (QED) is 0.230. The molecule has 1 fully saturated rings. The fourth-order valence-electron chi connectivity index (χ4n) is 3.58. The SMILES string of the molecule is CCC(c1ccccc1)N1CCN(C(=NC)NCCCOCCOC)CC1.I. The second kappa shape index (κ2) is 15.0. The van der Waals surface area contributed by atoms with Crippen molar-refractivity contribution >= 4 is 29.9 Å². The molecule has 0 aromatic heterocycles. The van der Waals surface area contributed by atoms with Gasteiger partial charge in [-0.1, -0.05) is 37.3 Å². The zero-order valence-electron chi connectivity index (χ0n) is 17.6. The molecule has 7 heteroatoms. The van der Waals surface area contributed by atoms with E-state index in [4.69, 9.17) is 9.47 Å². The molecule has 1 heterocycles. The highest BCUT2D eigenvalue weighted by Gasteiger charge is 2.25. The van der Waals surface area contributed by atoms with Gasteiger partial charge in [0.1, 0.15) is 0 Å². The Morgan fingerprint density at radius 2 is 1.82 bits per heavy atom. The van der Waals surface area contributed by atoms with Crippen LogP contribution in [-0.4, -0.2) is 82.5 Å². The van der Waals surface area contributed by atoms with Crippen molar-refractivity contribution in [2.45, 2.75) is 25.8 Å². The molecule has 0 spiro atoms. The third kappa shape index (κ3) is 8.23. The van der Waals surface area contributed by atoms with Crippen LogP contribution in [0.5, 0.6) is 0 Å². The third-order valence-corrected chi connectivity index (χ3v) is 5.02. The number of ether oxygens (including phenoxy) is 2. The van der Waals surface area contributed by atoms with Crippen LogP contribution in [0.4, 0.5) is 0 Å². The van der Waals surface area contributed by atoms with Crippen LogP contribution in [0.15, 0.2) is 35.3 Å².